The second-order valence-corrected chi connectivity index (χ2v) is 12.4. The first kappa shape index (κ1) is 16.2. The number of ketones is 1. The molecule has 0 saturated heterocycles. The number of hydrogen-bond donors (Lipinski definition) is 0. The normalized spacial score (nSPS) is 18.5. The van der Waals surface area contributed by atoms with Crippen molar-refractivity contribution in [2.24, 2.45) is 5.92 Å². The highest BCUT2D eigenvalue weighted by atomic mass is 28.3. The molecule has 0 aliphatic heterocycles. The molecule has 2 rings (SSSR count). The summed E-state index contributed by atoms with van der Waals surface area (Å²) in [7, 11) is -1.17. The molecule has 5 nitrogen and oxygen atoms in total. The summed E-state index contributed by atoms with van der Waals surface area (Å²) < 4.78 is 32.5. The van der Waals surface area contributed by atoms with Gasteiger partial charge >= 0.3 is 0 Å². The van der Waals surface area contributed by atoms with Crippen molar-refractivity contribution < 1.29 is 18.3 Å². The lowest BCUT2D eigenvalue weighted by Crippen LogP contribution is -2.40. The second-order valence-electron chi connectivity index (χ2n) is 6.76. The molecule has 0 unspecified atom stereocenters. The molecule has 1 heterocycles. The highest BCUT2D eigenvalue weighted by molar-refractivity contribution is 6.76. The van der Waals surface area contributed by atoms with Gasteiger partial charge < -0.3 is 4.74 Å². The molecular formula is C13H21F2N3O2Si. The molecule has 0 radical (unpaired) electrons. The molecule has 1 aliphatic carbocycles. The van der Waals surface area contributed by atoms with E-state index in [0.29, 0.717) is 6.61 Å². The highest BCUT2D eigenvalue weighted by Crippen LogP contribution is 2.43. The molecule has 8 heteroatoms. The van der Waals surface area contributed by atoms with Gasteiger partial charge in [-0.05, 0) is 6.04 Å². The van der Waals surface area contributed by atoms with Gasteiger partial charge in [0.15, 0.2) is 5.82 Å². The van der Waals surface area contributed by atoms with E-state index in [0.717, 1.165) is 6.04 Å². The zero-order valence-corrected chi connectivity index (χ0v) is 13.6. The Morgan fingerprint density at radius 2 is 2.14 bits per heavy atom. The van der Waals surface area contributed by atoms with Crippen molar-refractivity contribution in [3.8, 4) is 0 Å². The minimum absolute atomic E-state index is 0.114. The Kier molecular flexibility index (Phi) is 4.57. The van der Waals surface area contributed by atoms with Crippen LogP contribution in [0, 0.1) is 5.92 Å². The maximum absolute atomic E-state index is 12.8. The molecule has 1 aromatic heterocycles. The molecular weight excluding hydrogens is 296 g/mol. The molecule has 0 bridgehead atoms. The number of hydrogen-bond acceptors (Lipinski definition) is 4. The molecule has 0 atom stereocenters. The van der Waals surface area contributed by atoms with Crippen molar-refractivity contribution in [2.75, 3.05) is 6.61 Å². The second kappa shape index (κ2) is 5.92. The predicted octanol–water partition coefficient (Wildman–Crippen LogP) is 2.82. The van der Waals surface area contributed by atoms with E-state index in [1.54, 1.807) is 0 Å². The van der Waals surface area contributed by atoms with Crippen LogP contribution in [0.15, 0.2) is 6.33 Å². The van der Waals surface area contributed by atoms with Crippen LogP contribution in [0.1, 0.15) is 23.5 Å². The Morgan fingerprint density at radius 3 is 2.71 bits per heavy atom. The van der Waals surface area contributed by atoms with Crippen LogP contribution in [0.25, 0.3) is 0 Å². The van der Waals surface area contributed by atoms with E-state index < -0.39 is 32.8 Å². The van der Waals surface area contributed by atoms with Crippen molar-refractivity contribution in [3.63, 3.8) is 0 Å². The Balaban J connectivity index is 1.86. The smallest absolute Gasteiger partial charge is 0.249 e. The van der Waals surface area contributed by atoms with E-state index in [2.05, 4.69) is 29.7 Å². The molecule has 118 valence electrons. The van der Waals surface area contributed by atoms with Gasteiger partial charge in [0.1, 0.15) is 13.1 Å². The Bertz CT molecular complexity index is 506. The fourth-order valence-corrected chi connectivity index (χ4v) is 2.86. The Labute approximate surface area is 123 Å². The van der Waals surface area contributed by atoms with E-state index in [1.807, 2.05) is 0 Å². The Morgan fingerprint density at radius 1 is 1.48 bits per heavy atom. The lowest BCUT2D eigenvalue weighted by molar-refractivity contribution is -0.0985. The monoisotopic (exact) mass is 317 g/mol. The fourth-order valence-electron chi connectivity index (χ4n) is 2.11. The van der Waals surface area contributed by atoms with Crippen molar-refractivity contribution in [1.29, 1.82) is 0 Å². The molecule has 0 spiro atoms. The number of carbonyl (C=O) groups is 1. The van der Waals surface area contributed by atoms with Gasteiger partial charge in [-0.1, -0.05) is 19.6 Å². The number of ether oxygens (including phenoxy) is 1. The highest BCUT2D eigenvalue weighted by Gasteiger charge is 2.49. The molecule has 1 aliphatic rings. The van der Waals surface area contributed by atoms with Crippen LogP contribution in [-0.4, -0.2) is 41.2 Å². The average molecular weight is 317 g/mol. The molecule has 0 amide bonds. The van der Waals surface area contributed by atoms with Crippen LogP contribution in [0.2, 0.25) is 25.7 Å². The standard InChI is InChI=1S/C13H21F2N3O2Si/c1-21(2,3)5-4-20-9-18-12(16-8-17-18)11(19)10-6-13(14,15)7-10/h8,10H,4-7,9H2,1-3H3. The lowest BCUT2D eigenvalue weighted by atomic mass is 9.78. The topological polar surface area (TPSA) is 57.0 Å². The number of halogens is 2. The van der Waals surface area contributed by atoms with Gasteiger partial charge in [0.2, 0.25) is 11.7 Å². The van der Waals surface area contributed by atoms with Gasteiger partial charge in [0.05, 0.1) is 0 Å². The van der Waals surface area contributed by atoms with Crippen molar-refractivity contribution in [1.82, 2.24) is 14.8 Å². The number of alkyl halides is 2. The van der Waals surface area contributed by atoms with E-state index in [-0.39, 0.29) is 18.3 Å². The summed E-state index contributed by atoms with van der Waals surface area (Å²) in [6, 6.07) is 1.01. The third-order valence-corrected chi connectivity index (χ3v) is 5.21. The van der Waals surface area contributed by atoms with Gasteiger partial charge in [-0.2, -0.15) is 5.10 Å². The van der Waals surface area contributed by atoms with E-state index in [9.17, 15) is 13.6 Å². The minimum Gasteiger partial charge on any atom is -0.359 e. The molecule has 1 aromatic rings. The maximum atomic E-state index is 12.8. The van der Waals surface area contributed by atoms with Crippen LogP contribution in [0.3, 0.4) is 0 Å². The molecule has 21 heavy (non-hydrogen) atoms. The zero-order chi connectivity index (χ0) is 15.7. The fraction of sp³-hybridized carbons (Fsp3) is 0.769. The summed E-state index contributed by atoms with van der Waals surface area (Å²) in [5.74, 6) is -3.61. The number of rotatable bonds is 7. The van der Waals surface area contributed by atoms with Crippen LogP contribution in [0.5, 0.6) is 0 Å². The van der Waals surface area contributed by atoms with Gasteiger partial charge in [-0.25, -0.2) is 18.4 Å². The predicted molar refractivity (Wildman–Crippen MR) is 76.1 cm³/mol. The van der Waals surface area contributed by atoms with Crippen molar-refractivity contribution >= 4 is 13.9 Å². The minimum atomic E-state index is -2.71. The average Bonchev–Trinajstić information content (AvgIpc) is 2.77. The largest absolute Gasteiger partial charge is 0.359 e. The summed E-state index contributed by atoms with van der Waals surface area (Å²) >= 11 is 0. The number of carbonyl (C=O) groups excluding carboxylic acids is 1. The molecule has 0 aromatic carbocycles. The Hall–Kier alpha value is -1.15. The van der Waals surface area contributed by atoms with Gasteiger partial charge in [-0.3, -0.25) is 4.79 Å². The summed E-state index contributed by atoms with van der Waals surface area (Å²) in [5, 5.41) is 3.93. The van der Waals surface area contributed by atoms with Crippen LogP contribution < -0.4 is 0 Å². The lowest BCUT2D eigenvalue weighted by Gasteiger charge is -2.33. The zero-order valence-electron chi connectivity index (χ0n) is 12.6. The van der Waals surface area contributed by atoms with Gasteiger partial charge in [0.25, 0.3) is 0 Å². The van der Waals surface area contributed by atoms with Gasteiger partial charge in [-0.15, -0.1) is 0 Å². The first-order valence-corrected chi connectivity index (χ1v) is 10.8. The number of aromatic nitrogens is 3. The summed E-state index contributed by atoms with van der Waals surface area (Å²) in [6.07, 6.45) is 0.469. The quantitative estimate of drug-likeness (QED) is 0.441. The van der Waals surface area contributed by atoms with E-state index in [4.69, 9.17) is 4.74 Å². The van der Waals surface area contributed by atoms with Crippen LogP contribution in [-0.2, 0) is 11.5 Å². The van der Waals surface area contributed by atoms with E-state index in [1.165, 1.54) is 11.0 Å². The third kappa shape index (κ3) is 4.41. The molecule has 1 saturated carbocycles. The summed E-state index contributed by atoms with van der Waals surface area (Å²) in [4.78, 5) is 16.0. The van der Waals surface area contributed by atoms with Gasteiger partial charge in [0, 0.05) is 33.4 Å². The number of nitrogens with zero attached hydrogens (tertiary/aromatic N) is 3. The molecule has 1 fully saturated rings. The SMILES string of the molecule is C[Si](C)(C)CCOCn1ncnc1C(=O)C1CC(F)(F)C1. The summed E-state index contributed by atoms with van der Waals surface area (Å²) in [5.41, 5.74) is 0. The maximum Gasteiger partial charge on any atom is 0.249 e. The summed E-state index contributed by atoms with van der Waals surface area (Å²) in [6.45, 7) is 7.48. The van der Waals surface area contributed by atoms with Crippen molar-refractivity contribution in [3.05, 3.63) is 12.2 Å². The first-order chi connectivity index (χ1) is 9.68. The van der Waals surface area contributed by atoms with Crippen molar-refractivity contribution in [2.45, 2.75) is 51.2 Å². The first-order valence-electron chi connectivity index (χ1n) is 7.06. The number of Topliss-reactive ketones (excluding diaryl/α,β-unsaturated/α-hetero) is 1. The van der Waals surface area contributed by atoms with Crippen LogP contribution >= 0.6 is 0 Å². The van der Waals surface area contributed by atoms with E-state index >= 15 is 0 Å². The van der Waals surface area contributed by atoms with Crippen LogP contribution in [0.4, 0.5) is 8.78 Å². The third-order valence-electron chi connectivity index (χ3n) is 3.51. The molecule has 0 N–H and O–H groups in total.